The molecule has 92 valence electrons. The largest absolute Gasteiger partial charge is 0.508 e. The first kappa shape index (κ1) is 11.1. The van der Waals surface area contributed by atoms with Crippen LogP contribution in [0.2, 0.25) is 0 Å². The van der Waals surface area contributed by atoms with Crippen molar-refractivity contribution in [1.82, 2.24) is 0 Å². The predicted molar refractivity (Wildman–Crippen MR) is 70.0 cm³/mol. The van der Waals surface area contributed by atoms with Crippen molar-refractivity contribution < 1.29 is 5.11 Å². The minimum absolute atomic E-state index is 0.492. The molecule has 2 aliphatic carbocycles. The molecule has 3 rings (SSSR count). The topological polar surface area (TPSA) is 20.2 Å². The molecule has 1 aromatic carbocycles. The maximum absolute atomic E-state index is 10.0. The second-order valence-electron chi connectivity index (χ2n) is 6.61. The van der Waals surface area contributed by atoms with Gasteiger partial charge in [-0.15, -0.1) is 0 Å². The molecule has 0 unspecified atom stereocenters. The summed E-state index contributed by atoms with van der Waals surface area (Å²) in [6.07, 6.45) is 2.62. The SMILES string of the molecule is C[C@H]1[C@@H]2C[C@@H](C[C@@H]2c2ccccc2O)C1(C)C. The minimum Gasteiger partial charge on any atom is -0.508 e. The van der Waals surface area contributed by atoms with Crippen LogP contribution in [0.25, 0.3) is 0 Å². The summed E-state index contributed by atoms with van der Waals surface area (Å²) in [6.45, 7) is 7.24. The monoisotopic (exact) mass is 230 g/mol. The third-order valence-electron chi connectivity index (χ3n) is 5.82. The third kappa shape index (κ3) is 1.44. The van der Waals surface area contributed by atoms with Gasteiger partial charge in [-0.2, -0.15) is 0 Å². The molecular formula is C16H22O. The smallest absolute Gasteiger partial charge is 0.119 e. The summed E-state index contributed by atoms with van der Waals surface area (Å²) < 4.78 is 0. The van der Waals surface area contributed by atoms with Gasteiger partial charge in [0.1, 0.15) is 5.75 Å². The summed E-state index contributed by atoms with van der Waals surface area (Å²) in [7, 11) is 0. The Kier molecular flexibility index (Phi) is 2.30. The maximum atomic E-state index is 10.0. The van der Waals surface area contributed by atoms with Crippen molar-refractivity contribution in [1.29, 1.82) is 0 Å². The number of phenols is 1. The highest BCUT2D eigenvalue weighted by molar-refractivity contribution is 5.37. The third-order valence-corrected chi connectivity index (χ3v) is 5.82. The number of hydrogen-bond donors (Lipinski definition) is 1. The molecule has 0 aromatic heterocycles. The first-order valence-corrected chi connectivity index (χ1v) is 6.79. The average molecular weight is 230 g/mol. The molecule has 1 N–H and O–H groups in total. The maximum Gasteiger partial charge on any atom is 0.119 e. The number of aromatic hydroxyl groups is 1. The molecule has 4 atom stereocenters. The number of benzene rings is 1. The highest BCUT2D eigenvalue weighted by Gasteiger charge is 2.55. The number of para-hydroxylation sites is 1. The lowest BCUT2D eigenvalue weighted by molar-refractivity contribution is 0.121. The molecule has 0 heterocycles. The van der Waals surface area contributed by atoms with Gasteiger partial charge in [0.2, 0.25) is 0 Å². The van der Waals surface area contributed by atoms with Gasteiger partial charge >= 0.3 is 0 Å². The molecule has 1 nitrogen and oxygen atoms in total. The number of hydrogen-bond acceptors (Lipinski definition) is 1. The summed E-state index contributed by atoms with van der Waals surface area (Å²) in [5, 5.41) is 10.0. The molecule has 2 fully saturated rings. The van der Waals surface area contributed by atoms with Gasteiger partial charge in [-0.05, 0) is 53.6 Å². The van der Waals surface area contributed by atoms with E-state index in [1.165, 1.54) is 18.4 Å². The molecule has 1 aromatic rings. The van der Waals surface area contributed by atoms with Gasteiger partial charge in [-0.25, -0.2) is 0 Å². The summed E-state index contributed by atoms with van der Waals surface area (Å²) in [5.41, 5.74) is 1.67. The molecule has 2 aliphatic rings. The first-order valence-electron chi connectivity index (χ1n) is 6.79. The van der Waals surface area contributed by atoms with Gasteiger partial charge in [0.15, 0.2) is 0 Å². The van der Waals surface area contributed by atoms with E-state index in [4.69, 9.17) is 0 Å². The van der Waals surface area contributed by atoms with E-state index in [2.05, 4.69) is 32.9 Å². The molecule has 2 bridgehead atoms. The lowest BCUT2D eigenvalue weighted by Gasteiger charge is -2.40. The number of fused-ring (bicyclic) bond motifs is 2. The molecule has 2 saturated carbocycles. The van der Waals surface area contributed by atoms with Crippen LogP contribution in [0.15, 0.2) is 24.3 Å². The number of phenolic OH excluding ortho intramolecular Hbond substituents is 1. The molecule has 17 heavy (non-hydrogen) atoms. The Morgan fingerprint density at radius 3 is 2.47 bits per heavy atom. The highest BCUT2D eigenvalue weighted by atomic mass is 16.3. The zero-order valence-corrected chi connectivity index (χ0v) is 11.0. The average Bonchev–Trinajstić information content (AvgIpc) is 2.80. The zero-order chi connectivity index (χ0) is 12.2. The van der Waals surface area contributed by atoms with E-state index in [0.29, 0.717) is 17.1 Å². The van der Waals surface area contributed by atoms with Crippen molar-refractivity contribution in [2.24, 2.45) is 23.2 Å². The fraction of sp³-hybridized carbons (Fsp3) is 0.625. The fourth-order valence-electron chi connectivity index (χ4n) is 4.31. The second kappa shape index (κ2) is 3.51. The van der Waals surface area contributed by atoms with Crippen LogP contribution in [-0.2, 0) is 0 Å². The molecule has 0 radical (unpaired) electrons. The molecule has 1 heteroatoms. The van der Waals surface area contributed by atoms with Crippen molar-refractivity contribution in [2.45, 2.75) is 39.5 Å². The Balaban J connectivity index is 1.93. The lowest BCUT2D eigenvalue weighted by atomic mass is 9.65. The Morgan fingerprint density at radius 2 is 1.88 bits per heavy atom. The van der Waals surface area contributed by atoms with E-state index in [0.717, 1.165) is 17.8 Å². The van der Waals surface area contributed by atoms with Crippen LogP contribution in [0.1, 0.15) is 45.1 Å². The molecular weight excluding hydrogens is 208 g/mol. The standard InChI is InChI=1S/C16H22O/c1-10-13-8-11(16(10,2)3)9-14(13)12-6-4-5-7-15(12)17/h4-7,10-11,13-14,17H,8-9H2,1-3H3/t10-,11-,13-,14+/m0/s1. The Bertz CT molecular complexity index is 431. The highest BCUT2D eigenvalue weighted by Crippen LogP contribution is 2.64. The van der Waals surface area contributed by atoms with Crippen LogP contribution >= 0.6 is 0 Å². The van der Waals surface area contributed by atoms with Gasteiger partial charge in [0.05, 0.1) is 0 Å². The van der Waals surface area contributed by atoms with Crippen LogP contribution in [0.3, 0.4) is 0 Å². The van der Waals surface area contributed by atoms with E-state index in [1.807, 2.05) is 12.1 Å². The molecule has 0 saturated heterocycles. The van der Waals surface area contributed by atoms with E-state index in [9.17, 15) is 5.11 Å². The Morgan fingerprint density at radius 1 is 1.18 bits per heavy atom. The summed E-state index contributed by atoms with van der Waals surface area (Å²) >= 11 is 0. The van der Waals surface area contributed by atoms with Crippen LogP contribution in [0.5, 0.6) is 5.75 Å². The van der Waals surface area contributed by atoms with E-state index < -0.39 is 0 Å². The van der Waals surface area contributed by atoms with Crippen molar-refractivity contribution >= 4 is 0 Å². The Labute approximate surface area is 104 Å². The van der Waals surface area contributed by atoms with Crippen molar-refractivity contribution in [2.75, 3.05) is 0 Å². The second-order valence-corrected chi connectivity index (χ2v) is 6.61. The van der Waals surface area contributed by atoms with Crippen LogP contribution in [0.4, 0.5) is 0 Å². The quantitative estimate of drug-likeness (QED) is 0.767. The molecule has 0 spiro atoms. The van der Waals surface area contributed by atoms with Gasteiger partial charge in [-0.1, -0.05) is 39.0 Å². The normalized spacial score (nSPS) is 38.5. The van der Waals surface area contributed by atoms with Crippen molar-refractivity contribution in [3.63, 3.8) is 0 Å². The summed E-state index contributed by atoms with van der Waals surface area (Å²) in [4.78, 5) is 0. The lowest BCUT2D eigenvalue weighted by Crippen LogP contribution is -2.32. The van der Waals surface area contributed by atoms with Gasteiger partial charge in [0.25, 0.3) is 0 Å². The zero-order valence-electron chi connectivity index (χ0n) is 11.0. The van der Waals surface area contributed by atoms with Crippen molar-refractivity contribution in [3.05, 3.63) is 29.8 Å². The van der Waals surface area contributed by atoms with Gasteiger partial charge < -0.3 is 5.11 Å². The van der Waals surface area contributed by atoms with E-state index in [1.54, 1.807) is 0 Å². The summed E-state index contributed by atoms with van der Waals surface area (Å²) in [5.74, 6) is 3.46. The number of rotatable bonds is 1. The molecule has 0 aliphatic heterocycles. The van der Waals surface area contributed by atoms with Crippen molar-refractivity contribution in [3.8, 4) is 5.75 Å². The van der Waals surface area contributed by atoms with Crippen LogP contribution < -0.4 is 0 Å². The Hall–Kier alpha value is -0.980. The summed E-state index contributed by atoms with van der Waals surface area (Å²) in [6, 6.07) is 7.91. The minimum atomic E-state index is 0.492. The van der Waals surface area contributed by atoms with Gasteiger partial charge in [-0.3, -0.25) is 0 Å². The fourth-order valence-corrected chi connectivity index (χ4v) is 4.31. The van der Waals surface area contributed by atoms with Crippen LogP contribution in [0, 0.1) is 23.2 Å². The van der Waals surface area contributed by atoms with Gasteiger partial charge in [0, 0.05) is 0 Å². The van der Waals surface area contributed by atoms with E-state index >= 15 is 0 Å². The first-order chi connectivity index (χ1) is 8.01. The van der Waals surface area contributed by atoms with Crippen LogP contribution in [-0.4, -0.2) is 5.11 Å². The van der Waals surface area contributed by atoms with E-state index in [-0.39, 0.29) is 0 Å². The predicted octanol–water partition coefficient (Wildman–Crippen LogP) is 4.18. The molecule has 0 amide bonds.